The van der Waals surface area contributed by atoms with Gasteiger partial charge < -0.3 is 0 Å². The maximum atomic E-state index is 9.33. The fourth-order valence-electron chi connectivity index (χ4n) is 18.5. The van der Waals surface area contributed by atoms with E-state index in [0.29, 0.717) is 69.1 Å². The molecule has 12 heteroatoms. The largest absolute Gasteiger partial charge is 0.208 e. The van der Waals surface area contributed by atoms with Gasteiger partial charge in [-0.1, -0.05) is 461 Å². The van der Waals surface area contributed by atoms with E-state index in [1.165, 1.54) is 49.0 Å². The summed E-state index contributed by atoms with van der Waals surface area (Å²) in [5, 5.41) is 34.9. The van der Waals surface area contributed by atoms with Gasteiger partial charge in [0.2, 0.25) is 0 Å². The molecule has 0 amide bonds. The van der Waals surface area contributed by atoms with Gasteiger partial charge >= 0.3 is 0 Å². The highest BCUT2D eigenvalue weighted by molar-refractivity contribution is 6.08. The maximum absolute atomic E-state index is 9.33. The van der Waals surface area contributed by atoms with Gasteiger partial charge in [-0.15, -0.1) is 0 Å². The third kappa shape index (κ3) is 19.3. The Bertz CT molecular complexity index is 8790. The Labute approximate surface area is 834 Å². The zero-order valence-corrected chi connectivity index (χ0v) is 77.9. The lowest BCUT2D eigenvalue weighted by molar-refractivity contribution is 1.07. The summed E-state index contributed by atoms with van der Waals surface area (Å²) in [6.07, 6.45) is 0. The molecule has 24 rings (SSSR count). The lowest BCUT2D eigenvalue weighted by Crippen LogP contribution is -2.00. The van der Waals surface area contributed by atoms with Gasteiger partial charge in [0.05, 0.1) is 34.9 Å². The number of rotatable bonds is 18. The van der Waals surface area contributed by atoms with Crippen molar-refractivity contribution in [1.29, 1.82) is 15.8 Å². The standard InChI is InChI=1S/3C44H28N4/c45-29-30-11-9-16-35(27-30)31-21-23-32(24-22-31)38-25-26-39(41-20-8-7-19-40(38)41)36-17-10-18-37(28-36)44-47-42(33-12-3-1-4-13-33)46-43(48-44)34-14-5-2-6-15-34;45-29-30-10-9-15-37(28-30)31-18-20-32(21-19-31)38-26-27-39(41-17-8-7-16-40(38)41)33-22-24-36(25-23-33)44-47-42(34-11-3-1-4-12-34)46-43(48-44)35-13-5-2-6-14-35;45-29-30-18-20-31(21-19-30)32-22-24-33(25-23-32)38-26-27-39(41-17-8-7-16-40(38)41)36-14-9-15-37(28-36)44-47-42(34-10-3-1-4-11-34)46-43(48-44)35-12-5-2-6-13-35/h3*1-28H. The van der Waals surface area contributed by atoms with Gasteiger partial charge in [0, 0.05) is 50.1 Å². The Morgan fingerprint density at radius 1 is 0.111 bits per heavy atom. The average Bonchev–Trinajstić information content (AvgIpc) is 0.775. The molecule has 0 radical (unpaired) electrons. The van der Waals surface area contributed by atoms with Crippen LogP contribution in [0.25, 0.3) is 235 Å². The second-order valence-corrected chi connectivity index (χ2v) is 34.8. The highest BCUT2D eigenvalue weighted by Crippen LogP contribution is 2.44. The van der Waals surface area contributed by atoms with E-state index in [2.05, 4.69) is 273 Å². The van der Waals surface area contributed by atoms with Crippen LogP contribution in [0.2, 0.25) is 0 Å². The van der Waals surface area contributed by atoms with Gasteiger partial charge in [-0.2, -0.15) is 15.8 Å². The predicted octanol–water partition coefficient (Wildman–Crippen LogP) is 32.7. The van der Waals surface area contributed by atoms with Crippen molar-refractivity contribution in [3.8, 4) is 221 Å². The molecule has 0 atom stereocenters. The molecule has 672 valence electrons. The highest BCUT2D eigenvalue weighted by atomic mass is 15.1. The quantitative estimate of drug-likeness (QED) is 0.0792. The van der Waals surface area contributed by atoms with Crippen molar-refractivity contribution in [2.45, 2.75) is 0 Å². The number of benzene rings is 21. The minimum Gasteiger partial charge on any atom is -0.208 e. The van der Waals surface area contributed by atoms with Gasteiger partial charge in [0.1, 0.15) is 0 Å². The van der Waals surface area contributed by atoms with E-state index < -0.39 is 0 Å². The second kappa shape index (κ2) is 41.1. The van der Waals surface area contributed by atoms with Crippen LogP contribution in [0, 0.1) is 34.0 Å². The number of aromatic nitrogens is 9. The van der Waals surface area contributed by atoms with E-state index in [-0.39, 0.29) is 0 Å². The van der Waals surface area contributed by atoms with Crippen LogP contribution in [0.1, 0.15) is 16.7 Å². The van der Waals surface area contributed by atoms with Crippen molar-refractivity contribution < 1.29 is 0 Å². The zero-order valence-electron chi connectivity index (χ0n) is 77.9. The van der Waals surface area contributed by atoms with Gasteiger partial charge in [0.15, 0.2) is 52.4 Å². The fourth-order valence-corrected chi connectivity index (χ4v) is 18.5. The first-order valence-electron chi connectivity index (χ1n) is 47.5. The van der Waals surface area contributed by atoms with E-state index in [0.717, 1.165) is 134 Å². The molecule has 24 aromatic rings. The molecule has 0 spiro atoms. The molecule has 0 bridgehead atoms. The van der Waals surface area contributed by atoms with Crippen LogP contribution in [-0.2, 0) is 0 Å². The molecule has 0 aliphatic rings. The van der Waals surface area contributed by atoms with Crippen molar-refractivity contribution in [2.75, 3.05) is 0 Å². The molecule has 0 aliphatic carbocycles. The van der Waals surface area contributed by atoms with E-state index >= 15 is 0 Å². The highest BCUT2D eigenvalue weighted by Gasteiger charge is 2.22. The monoisotopic (exact) mass is 1840 g/mol. The molecule has 0 aliphatic heterocycles. The van der Waals surface area contributed by atoms with E-state index in [1.807, 2.05) is 255 Å². The Morgan fingerprint density at radius 3 is 0.521 bits per heavy atom. The average molecular weight is 1840 g/mol. The van der Waals surface area contributed by atoms with Crippen LogP contribution in [0.3, 0.4) is 0 Å². The van der Waals surface area contributed by atoms with Crippen molar-refractivity contribution in [1.82, 2.24) is 44.9 Å². The summed E-state index contributed by atoms with van der Waals surface area (Å²) in [6.45, 7) is 0. The maximum Gasteiger partial charge on any atom is 0.164 e. The molecule has 21 aromatic carbocycles. The lowest BCUT2D eigenvalue weighted by atomic mass is 9.91. The number of fused-ring (bicyclic) bond motifs is 3. The van der Waals surface area contributed by atoms with E-state index in [1.54, 1.807) is 0 Å². The lowest BCUT2D eigenvalue weighted by Gasteiger charge is -2.14. The first-order chi connectivity index (χ1) is 71.2. The molecule has 0 N–H and O–H groups in total. The van der Waals surface area contributed by atoms with Crippen LogP contribution < -0.4 is 0 Å². The Balaban J connectivity index is 0.000000123. The summed E-state index contributed by atoms with van der Waals surface area (Å²) < 4.78 is 0. The van der Waals surface area contributed by atoms with Gasteiger partial charge in [-0.05, 0) is 181 Å². The Morgan fingerprint density at radius 2 is 0.278 bits per heavy atom. The van der Waals surface area contributed by atoms with Gasteiger partial charge in [-0.25, -0.2) is 44.9 Å². The topological polar surface area (TPSA) is 187 Å². The molecule has 0 unspecified atom stereocenters. The smallest absolute Gasteiger partial charge is 0.164 e. The first-order valence-corrected chi connectivity index (χ1v) is 47.5. The summed E-state index contributed by atoms with van der Waals surface area (Å²) in [7, 11) is 0. The van der Waals surface area contributed by atoms with Crippen LogP contribution in [0.4, 0.5) is 0 Å². The van der Waals surface area contributed by atoms with Crippen molar-refractivity contribution >= 4 is 32.3 Å². The predicted molar refractivity (Wildman–Crippen MR) is 584 cm³/mol. The summed E-state index contributed by atoms with van der Waals surface area (Å²) in [5.41, 5.74) is 30.6. The third-order valence-electron chi connectivity index (χ3n) is 25.8. The van der Waals surface area contributed by atoms with E-state index in [9.17, 15) is 10.5 Å². The number of hydrogen-bond acceptors (Lipinski definition) is 12. The number of nitriles is 3. The second-order valence-electron chi connectivity index (χ2n) is 34.8. The SMILES string of the molecule is N#Cc1ccc(-c2ccc(-c3ccc(-c4cccc(-c5nc(-c6ccccc6)nc(-c6ccccc6)n5)c4)c4ccccc34)cc2)cc1.N#Cc1cccc(-c2ccc(-c3ccc(-c4ccc(-c5nc(-c6ccccc6)nc(-c6ccccc6)n5)cc4)c4ccccc34)cc2)c1.N#Cc1cccc(-c2ccc(-c3ccc(-c4cccc(-c5nc(-c6ccccc6)nc(-c6ccccc6)n5)c4)c4ccccc34)cc2)c1. The van der Waals surface area contributed by atoms with Gasteiger partial charge in [0.25, 0.3) is 0 Å². The van der Waals surface area contributed by atoms with E-state index in [4.69, 9.17) is 50.1 Å². The molecule has 144 heavy (non-hydrogen) atoms. The summed E-state index contributed by atoms with van der Waals surface area (Å²) >= 11 is 0. The molecular formula is C132H84N12. The van der Waals surface area contributed by atoms with Crippen LogP contribution >= 0.6 is 0 Å². The molecule has 0 saturated heterocycles. The first kappa shape index (κ1) is 89.1. The van der Waals surface area contributed by atoms with Crippen LogP contribution in [-0.4, -0.2) is 44.9 Å². The van der Waals surface area contributed by atoms with Crippen molar-refractivity contribution in [2.24, 2.45) is 0 Å². The molecule has 0 fully saturated rings. The third-order valence-corrected chi connectivity index (χ3v) is 25.8. The molecule has 3 heterocycles. The molecule has 0 saturated carbocycles. The minimum absolute atomic E-state index is 0.630. The Hall–Kier alpha value is -20.1. The van der Waals surface area contributed by atoms with Crippen LogP contribution in [0.5, 0.6) is 0 Å². The number of hydrogen-bond donors (Lipinski definition) is 0. The molecule has 3 aromatic heterocycles. The number of nitrogens with zero attached hydrogens (tertiary/aromatic N) is 12. The molecular weight excluding hydrogens is 1750 g/mol. The Kier molecular flexibility index (Phi) is 25.4. The fraction of sp³-hybridized carbons (Fsp3) is 0. The summed E-state index contributed by atoms with van der Waals surface area (Å²) in [5.74, 6) is 5.76. The van der Waals surface area contributed by atoms with Crippen molar-refractivity contribution in [3.63, 3.8) is 0 Å². The normalized spacial score (nSPS) is 10.9. The van der Waals surface area contributed by atoms with Crippen molar-refractivity contribution in [3.05, 3.63) is 526 Å². The summed E-state index contributed by atoms with van der Waals surface area (Å²) in [6, 6.07) is 180. The minimum atomic E-state index is 0.630. The van der Waals surface area contributed by atoms with Gasteiger partial charge in [-0.3, -0.25) is 0 Å². The van der Waals surface area contributed by atoms with Crippen LogP contribution in [0.15, 0.2) is 510 Å². The molecule has 12 nitrogen and oxygen atoms in total. The summed E-state index contributed by atoms with van der Waals surface area (Å²) in [4.78, 5) is 44.1. The zero-order chi connectivity index (χ0) is 96.9.